The highest BCUT2D eigenvalue weighted by Crippen LogP contribution is 2.34. The SMILES string of the molecule is CC(Oc1ccccc1C#N)C(=O)NC(C)(C)c1ccc2c(c1)OCCO2. The molecule has 2 aromatic rings. The summed E-state index contributed by atoms with van der Waals surface area (Å²) in [5.74, 6) is 1.49. The molecule has 6 heteroatoms. The summed E-state index contributed by atoms with van der Waals surface area (Å²) in [5, 5.41) is 12.1. The molecule has 27 heavy (non-hydrogen) atoms. The maximum Gasteiger partial charge on any atom is 0.261 e. The third-order valence-corrected chi connectivity index (χ3v) is 4.38. The Bertz CT molecular complexity index is 886. The second-order valence-electron chi connectivity index (χ2n) is 6.84. The van der Waals surface area contributed by atoms with Gasteiger partial charge in [0.1, 0.15) is 25.0 Å². The molecule has 6 nitrogen and oxygen atoms in total. The molecule has 1 heterocycles. The van der Waals surface area contributed by atoms with Gasteiger partial charge >= 0.3 is 0 Å². The lowest BCUT2D eigenvalue weighted by atomic mass is 9.93. The number of nitriles is 1. The Morgan fingerprint density at radius 1 is 1.19 bits per heavy atom. The number of hydrogen-bond acceptors (Lipinski definition) is 5. The number of ether oxygens (including phenoxy) is 3. The number of carbonyl (C=O) groups is 1. The Kier molecular flexibility index (Phi) is 5.22. The molecule has 1 amide bonds. The van der Waals surface area contributed by atoms with Crippen LogP contribution in [0, 0.1) is 11.3 Å². The highest BCUT2D eigenvalue weighted by atomic mass is 16.6. The second kappa shape index (κ2) is 7.58. The molecule has 0 fully saturated rings. The van der Waals surface area contributed by atoms with E-state index in [9.17, 15) is 4.79 Å². The topological polar surface area (TPSA) is 80.6 Å². The second-order valence-corrected chi connectivity index (χ2v) is 6.84. The predicted molar refractivity (Wildman–Crippen MR) is 99.8 cm³/mol. The third-order valence-electron chi connectivity index (χ3n) is 4.38. The first-order valence-electron chi connectivity index (χ1n) is 8.78. The fraction of sp³-hybridized carbons (Fsp3) is 0.333. The van der Waals surface area contributed by atoms with Crippen molar-refractivity contribution in [3.63, 3.8) is 0 Å². The van der Waals surface area contributed by atoms with Crippen molar-refractivity contribution in [3.05, 3.63) is 53.6 Å². The summed E-state index contributed by atoms with van der Waals surface area (Å²) in [6.45, 7) is 6.51. The molecular weight excluding hydrogens is 344 g/mol. The van der Waals surface area contributed by atoms with Gasteiger partial charge in [-0.3, -0.25) is 4.79 Å². The number of para-hydroxylation sites is 1. The van der Waals surface area contributed by atoms with E-state index in [4.69, 9.17) is 19.5 Å². The minimum Gasteiger partial charge on any atom is -0.486 e. The zero-order valence-corrected chi connectivity index (χ0v) is 15.6. The van der Waals surface area contributed by atoms with Crippen molar-refractivity contribution in [2.75, 3.05) is 13.2 Å². The first-order valence-corrected chi connectivity index (χ1v) is 8.78. The van der Waals surface area contributed by atoms with Gasteiger partial charge < -0.3 is 19.5 Å². The predicted octanol–water partition coefficient (Wildman–Crippen LogP) is 3.15. The van der Waals surface area contributed by atoms with E-state index in [0.717, 1.165) is 5.56 Å². The van der Waals surface area contributed by atoms with Crippen LogP contribution in [0.25, 0.3) is 0 Å². The summed E-state index contributed by atoms with van der Waals surface area (Å²) in [6, 6.07) is 14.5. The minimum atomic E-state index is -0.754. The van der Waals surface area contributed by atoms with Crippen LogP contribution in [0.2, 0.25) is 0 Å². The summed E-state index contributed by atoms with van der Waals surface area (Å²) in [7, 11) is 0. The van der Waals surface area contributed by atoms with Crippen molar-refractivity contribution in [1.82, 2.24) is 5.32 Å². The summed E-state index contributed by atoms with van der Waals surface area (Å²) in [4.78, 5) is 12.6. The molecule has 0 saturated carbocycles. The van der Waals surface area contributed by atoms with Crippen molar-refractivity contribution in [2.24, 2.45) is 0 Å². The number of benzene rings is 2. The lowest BCUT2D eigenvalue weighted by Crippen LogP contribution is -2.46. The smallest absolute Gasteiger partial charge is 0.261 e. The molecule has 0 radical (unpaired) electrons. The van der Waals surface area contributed by atoms with Gasteiger partial charge in [-0.25, -0.2) is 0 Å². The third kappa shape index (κ3) is 4.14. The van der Waals surface area contributed by atoms with Crippen LogP contribution in [0.15, 0.2) is 42.5 Å². The average Bonchev–Trinajstić information content (AvgIpc) is 2.67. The molecule has 0 aliphatic carbocycles. The number of rotatable bonds is 5. The molecule has 1 aliphatic rings. The number of fused-ring (bicyclic) bond motifs is 1. The molecule has 0 saturated heterocycles. The average molecular weight is 366 g/mol. The van der Waals surface area contributed by atoms with Gasteiger partial charge in [0.25, 0.3) is 5.91 Å². The first-order chi connectivity index (χ1) is 12.9. The molecule has 1 unspecified atom stereocenters. The maximum absolute atomic E-state index is 12.6. The molecule has 0 bridgehead atoms. The molecule has 1 N–H and O–H groups in total. The van der Waals surface area contributed by atoms with Crippen molar-refractivity contribution in [2.45, 2.75) is 32.4 Å². The van der Waals surface area contributed by atoms with Gasteiger partial charge in [0.15, 0.2) is 17.6 Å². The van der Waals surface area contributed by atoms with E-state index in [1.54, 1.807) is 31.2 Å². The molecule has 0 spiro atoms. The summed E-state index contributed by atoms with van der Waals surface area (Å²) in [6.07, 6.45) is -0.754. The lowest BCUT2D eigenvalue weighted by Gasteiger charge is -2.30. The first kappa shape index (κ1) is 18.6. The van der Waals surface area contributed by atoms with E-state index in [2.05, 4.69) is 11.4 Å². The van der Waals surface area contributed by atoms with E-state index in [0.29, 0.717) is 36.0 Å². The number of nitrogens with one attached hydrogen (secondary N) is 1. The van der Waals surface area contributed by atoms with Gasteiger partial charge in [-0.2, -0.15) is 5.26 Å². The van der Waals surface area contributed by atoms with Gasteiger partial charge in [-0.05, 0) is 50.6 Å². The molecule has 0 aromatic heterocycles. The Morgan fingerprint density at radius 2 is 1.89 bits per heavy atom. The van der Waals surface area contributed by atoms with Gasteiger partial charge in [-0.1, -0.05) is 18.2 Å². The maximum atomic E-state index is 12.6. The standard InChI is InChI=1S/C21H22N2O4/c1-14(27-17-7-5-4-6-15(17)13-22)20(24)23-21(2,3)16-8-9-18-19(12-16)26-11-10-25-18/h4-9,12,14H,10-11H2,1-3H3,(H,23,24). The van der Waals surface area contributed by atoms with Gasteiger partial charge in [0.05, 0.1) is 11.1 Å². The van der Waals surface area contributed by atoms with Crippen molar-refractivity contribution >= 4 is 5.91 Å². The van der Waals surface area contributed by atoms with Crippen LogP contribution < -0.4 is 19.5 Å². The van der Waals surface area contributed by atoms with Crippen LogP contribution in [0.1, 0.15) is 31.9 Å². The molecular formula is C21H22N2O4. The Balaban J connectivity index is 1.71. The van der Waals surface area contributed by atoms with E-state index in [1.165, 1.54) is 0 Å². The molecule has 3 rings (SSSR count). The van der Waals surface area contributed by atoms with E-state index >= 15 is 0 Å². The fourth-order valence-electron chi connectivity index (χ4n) is 2.82. The summed E-state index contributed by atoms with van der Waals surface area (Å²) >= 11 is 0. The molecule has 140 valence electrons. The van der Waals surface area contributed by atoms with E-state index in [1.807, 2.05) is 32.0 Å². The number of nitrogens with zero attached hydrogens (tertiary/aromatic N) is 1. The van der Waals surface area contributed by atoms with E-state index in [-0.39, 0.29) is 5.91 Å². The summed E-state index contributed by atoms with van der Waals surface area (Å²) in [5.41, 5.74) is 0.646. The van der Waals surface area contributed by atoms with Crippen molar-refractivity contribution < 1.29 is 19.0 Å². The zero-order valence-electron chi connectivity index (χ0n) is 15.6. The largest absolute Gasteiger partial charge is 0.486 e. The summed E-state index contributed by atoms with van der Waals surface area (Å²) < 4.78 is 16.9. The molecule has 2 aromatic carbocycles. The number of amides is 1. The Labute approximate surface area is 158 Å². The highest BCUT2D eigenvalue weighted by molar-refractivity contribution is 5.81. The normalized spacial score (nSPS) is 14.0. The van der Waals surface area contributed by atoms with Crippen LogP contribution in [0.4, 0.5) is 0 Å². The Hall–Kier alpha value is -3.20. The highest BCUT2D eigenvalue weighted by Gasteiger charge is 2.28. The van der Waals surface area contributed by atoms with Gasteiger partial charge in [0.2, 0.25) is 0 Å². The van der Waals surface area contributed by atoms with Crippen molar-refractivity contribution in [1.29, 1.82) is 5.26 Å². The molecule has 1 atom stereocenters. The fourth-order valence-corrected chi connectivity index (χ4v) is 2.82. The number of carbonyl (C=O) groups excluding carboxylic acids is 1. The quantitative estimate of drug-likeness (QED) is 0.879. The van der Waals surface area contributed by atoms with E-state index < -0.39 is 11.6 Å². The monoisotopic (exact) mass is 366 g/mol. The van der Waals surface area contributed by atoms with Crippen molar-refractivity contribution in [3.8, 4) is 23.3 Å². The van der Waals surface area contributed by atoms with Crippen LogP contribution in [0.3, 0.4) is 0 Å². The number of hydrogen-bond donors (Lipinski definition) is 1. The molecule has 1 aliphatic heterocycles. The van der Waals surface area contributed by atoms with Crippen LogP contribution in [-0.2, 0) is 10.3 Å². The minimum absolute atomic E-state index is 0.275. The van der Waals surface area contributed by atoms with Crippen LogP contribution in [-0.4, -0.2) is 25.2 Å². The Morgan fingerprint density at radius 3 is 2.63 bits per heavy atom. The van der Waals surface area contributed by atoms with Crippen LogP contribution in [0.5, 0.6) is 17.2 Å². The van der Waals surface area contributed by atoms with Gasteiger partial charge in [-0.15, -0.1) is 0 Å². The van der Waals surface area contributed by atoms with Gasteiger partial charge in [0, 0.05) is 0 Å². The van der Waals surface area contributed by atoms with Crippen LogP contribution >= 0.6 is 0 Å². The lowest BCUT2D eigenvalue weighted by molar-refractivity contribution is -0.129. The zero-order chi connectivity index (χ0) is 19.4.